The van der Waals surface area contributed by atoms with Crippen LogP contribution in [0.15, 0.2) is 18.2 Å². The van der Waals surface area contributed by atoms with Gasteiger partial charge in [-0.1, -0.05) is 13.8 Å². The summed E-state index contributed by atoms with van der Waals surface area (Å²) in [5, 5.41) is 3.83. The quantitative estimate of drug-likeness (QED) is 0.594. The Kier molecular flexibility index (Phi) is 6.58. The third-order valence-corrected chi connectivity index (χ3v) is 6.55. The summed E-state index contributed by atoms with van der Waals surface area (Å²) in [6.07, 6.45) is -3.95. The van der Waals surface area contributed by atoms with Crippen molar-refractivity contribution in [3.05, 3.63) is 40.7 Å². The molecule has 9 nitrogen and oxygen atoms in total. The molecule has 1 aromatic carbocycles. The second kappa shape index (κ2) is 9.23. The molecule has 1 amide bonds. The summed E-state index contributed by atoms with van der Waals surface area (Å²) in [6.45, 7) is 4.26. The van der Waals surface area contributed by atoms with Gasteiger partial charge in [0.05, 0.1) is 34.7 Å². The van der Waals surface area contributed by atoms with Crippen molar-refractivity contribution in [1.29, 1.82) is 0 Å². The van der Waals surface area contributed by atoms with E-state index < -0.39 is 40.5 Å². The Morgan fingerprint density at radius 3 is 2.44 bits per heavy atom. The topological polar surface area (TPSA) is 134 Å². The molecule has 0 radical (unpaired) electrons. The molecule has 4 rings (SSSR count). The highest BCUT2D eigenvalue weighted by atomic mass is 19.4. The Morgan fingerprint density at radius 2 is 1.86 bits per heavy atom. The number of aromatic nitrogens is 2. The van der Waals surface area contributed by atoms with Gasteiger partial charge in [-0.3, -0.25) is 14.4 Å². The van der Waals surface area contributed by atoms with Gasteiger partial charge < -0.3 is 21.1 Å². The molecular weight excluding hydrogens is 479 g/mol. The number of nitrogens with zero attached hydrogens (tertiary/aromatic N) is 3. The van der Waals surface area contributed by atoms with Crippen LogP contribution in [0, 0.1) is 5.41 Å². The number of esters is 1. The number of halogens is 3. The molecule has 0 spiro atoms. The van der Waals surface area contributed by atoms with E-state index >= 15 is 0 Å². The Bertz CT molecular complexity index is 1210. The summed E-state index contributed by atoms with van der Waals surface area (Å²) in [5.74, 6) is -1.79. The van der Waals surface area contributed by atoms with Crippen molar-refractivity contribution in [3.8, 4) is 5.69 Å². The molecule has 1 saturated heterocycles. The molecule has 2 heterocycles. The van der Waals surface area contributed by atoms with Crippen LogP contribution in [0.4, 0.5) is 18.9 Å². The summed E-state index contributed by atoms with van der Waals surface area (Å²) < 4.78 is 47.9. The van der Waals surface area contributed by atoms with E-state index in [9.17, 15) is 27.6 Å². The molecule has 194 valence electrons. The van der Waals surface area contributed by atoms with E-state index in [1.165, 1.54) is 12.1 Å². The number of alkyl halides is 3. The maximum atomic E-state index is 13.8. The van der Waals surface area contributed by atoms with Crippen molar-refractivity contribution in [2.75, 3.05) is 24.5 Å². The monoisotopic (exact) mass is 507 g/mol. The average molecular weight is 508 g/mol. The van der Waals surface area contributed by atoms with Gasteiger partial charge in [-0.25, -0.2) is 4.68 Å². The maximum Gasteiger partial charge on any atom is 0.435 e. The number of carbonyl (C=O) groups excluding carboxylic acids is 3. The number of hydrogen-bond acceptors (Lipinski definition) is 7. The second-order valence-corrected chi connectivity index (χ2v) is 9.97. The zero-order chi connectivity index (χ0) is 26.4. The average Bonchev–Trinajstić information content (AvgIpc) is 3.18. The molecule has 0 bridgehead atoms. The van der Waals surface area contributed by atoms with Gasteiger partial charge >= 0.3 is 12.1 Å². The van der Waals surface area contributed by atoms with Crippen LogP contribution < -0.4 is 16.4 Å². The normalized spacial score (nSPS) is 18.2. The van der Waals surface area contributed by atoms with Gasteiger partial charge in [0.2, 0.25) is 0 Å². The molecular formula is C24H28F3N5O4. The minimum absolute atomic E-state index is 0.00961. The van der Waals surface area contributed by atoms with Crippen LogP contribution in [0.1, 0.15) is 65.2 Å². The highest BCUT2D eigenvalue weighted by molar-refractivity contribution is 6.01. The van der Waals surface area contributed by atoms with Gasteiger partial charge in [0.15, 0.2) is 11.5 Å². The Labute approximate surface area is 205 Å². The van der Waals surface area contributed by atoms with E-state index in [-0.39, 0.29) is 42.4 Å². The standard InChI is InChI=1S/C24H28F3N5O4/c1-23(2)10-17-20(18(33)11-23)21(24(25,26)27)30-32(17)13-3-4-15(22(29)35)16(9-13)31-7-5-14(6-8-31)36-19(34)12-28/h3-4,9,14H,5-8,10-12,28H2,1-2H3,(H2,29,35). The minimum Gasteiger partial charge on any atom is -0.461 e. The van der Waals surface area contributed by atoms with Crippen LogP contribution in [0.2, 0.25) is 0 Å². The molecule has 1 aromatic heterocycles. The highest BCUT2D eigenvalue weighted by Gasteiger charge is 2.45. The molecule has 2 aliphatic rings. The number of hydrogen-bond donors (Lipinski definition) is 2. The van der Waals surface area contributed by atoms with Crippen LogP contribution in [0.25, 0.3) is 5.69 Å². The first-order valence-electron chi connectivity index (χ1n) is 11.6. The summed E-state index contributed by atoms with van der Waals surface area (Å²) in [4.78, 5) is 38.3. The molecule has 1 fully saturated rings. The SMILES string of the molecule is CC1(C)CC(=O)c2c(C(F)(F)F)nn(-c3ccc(C(N)=O)c(N4CCC(OC(=O)CN)CC4)c3)c2C1. The van der Waals surface area contributed by atoms with Crippen molar-refractivity contribution >= 4 is 23.3 Å². The third-order valence-electron chi connectivity index (χ3n) is 6.55. The Morgan fingerprint density at radius 1 is 1.19 bits per heavy atom. The van der Waals surface area contributed by atoms with Gasteiger partial charge in [-0.2, -0.15) is 18.3 Å². The molecule has 0 unspecified atom stereocenters. The van der Waals surface area contributed by atoms with Crippen molar-refractivity contribution < 1.29 is 32.3 Å². The molecule has 1 aliphatic heterocycles. The zero-order valence-electron chi connectivity index (χ0n) is 20.0. The van der Waals surface area contributed by atoms with Crippen molar-refractivity contribution in [1.82, 2.24) is 9.78 Å². The van der Waals surface area contributed by atoms with E-state index in [4.69, 9.17) is 16.2 Å². The third kappa shape index (κ3) is 4.95. The first-order valence-corrected chi connectivity index (χ1v) is 11.6. The van der Waals surface area contributed by atoms with Crippen LogP contribution in [-0.2, 0) is 22.1 Å². The number of primary amides is 1. The van der Waals surface area contributed by atoms with Gasteiger partial charge in [-0.05, 0) is 30.0 Å². The lowest BCUT2D eigenvalue weighted by atomic mass is 9.75. The molecule has 1 aliphatic carbocycles. The fourth-order valence-corrected chi connectivity index (χ4v) is 4.93. The Balaban J connectivity index is 1.75. The van der Waals surface area contributed by atoms with E-state index in [0.717, 1.165) is 4.68 Å². The predicted octanol–water partition coefficient (Wildman–Crippen LogP) is 2.62. The molecule has 2 aromatic rings. The van der Waals surface area contributed by atoms with Crippen molar-refractivity contribution in [2.24, 2.45) is 16.9 Å². The maximum absolute atomic E-state index is 13.8. The number of benzene rings is 1. The number of fused-ring (bicyclic) bond motifs is 1. The van der Waals surface area contributed by atoms with Crippen LogP contribution in [0.3, 0.4) is 0 Å². The number of ketones is 1. The van der Waals surface area contributed by atoms with Gasteiger partial charge in [0.25, 0.3) is 5.91 Å². The number of piperidine rings is 1. The van der Waals surface area contributed by atoms with E-state index in [1.807, 2.05) is 18.7 Å². The summed E-state index contributed by atoms with van der Waals surface area (Å²) >= 11 is 0. The second-order valence-electron chi connectivity index (χ2n) is 9.97. The lowest BCUT2D eigenvalue weighted by Crippen LogP contribution is -2.39. The number of ether oxygens (including phenoxy) is 1. The van der Waals surface area contributed by atoms with E-state index in [2.05, 4.69) is 5.10 Å². The van der Waals surface area contributed by atoms with Gasteiger partial charge in [0, 0.05) is 32.4 Å². The van der Waals surface area contributed by atoms with Crippen molar-refractivity contribution in [3.63, 3.8) is 0 Å². The molecule has 0 atom stereocenters. The Hall–Kier alpha value is -3.41. The fourth-order valence-electron chi connectivity index (χ4n) is 4.93. The smallest absolute Gasteiger partial charge is 0.435 e. The lowest BCUT2D eigenvalue weighted by Gasteiger charge is -2.34. The number of carbonyl (C=O) groups is 3. The van der Waals surface area contributed by atoms with E-state index in [1.54, 1.807) is 6.07 Å². The van der Waals surface area contributed by atoms with Crippen LogP contribution in [-0.4, -0.2) is 53.2 Å². The summed E-state index contributed by atoms with van der Waals surface area (Å²) in [5.41, 5.74) is 9.84. The zero-order valence-corrected chi connectivity index (χ0v) is 20.0. The first-order chi connectivity index (χ1) is 16.8. The van der Waals surface area contributed by atoms with Crippen molar-refractivity contribution in [2.45, 2.75) is 51.8 Å². The van der Waals surface area contributed by atoms with Gasteiger partial charge in [0.1, 0.15) is 6.10 Å². The molecule has 12 heteroatoms. The molecule has 36 heavy (non-hydrogen) atoms. The number of nitrogens with two attached hydrogens (primary N) is 2. The molecule has 0 saturated carbocycles. The number of Topliss-reactive ketones (excluding diaryl/α,β-unsaturated/α-hetero) is 1. The largest absolute Gasteiger partial charge is 0.461 e. The predicted molar refractivity (Wildman–Crippen MR) is 124 cm³/mol. The highest BCUT2D eigenvalue weighted by Crippen LogP contribution is 2.42. The molecule has 4 N–H and O–H groups in total. The lowest BCUT2D eigenvalue weighted by molar-refractivity contribution is -0.148. The summed E-state index contributed by atoms with van der Waals surface area (Å²) in [7, 11) is 0. The van der Waals surface area contributed by atoms with Gasteiger partial charge in [-0.15, -0.1) is 0 Å². The summed E-state index contributed by atoms with van der Waals surface area (Å²) in [6, 6.07) is 4.48. The minimum atomic E-state index is -4.80. The van der Waals surface area contributed by atoms with Crippen LogP contribution >= 0.6 is 0 Å². The fraction of sp³-hybridized carbons (Fsp3) is 0.500. The first kappa shape index (κ1) is 25.7. The number of rotatable bonds is 5. The van der Waals surface area contributed by atoms with E-state index in [0.29, 0.717) is 31.6 Å². The number of anilines is 1. The number of amides is 1. The van der Waals surface area contributed by atoms with Crippen LogP contribution in [0.5, 0.6) is 0 Å².